The minimum absolute atomic E-state index is 0.0108. The predicted octanol–water partition coefficient (Wildman–Crippen LogP) is 3.09. The quantitative estimate of drug-likeness (QED) is 0.797. The molecular weight excluding hydrogens is 236 g/mol. The first-order chi connectivity index (χ1) is 7.71. The second-order valence-electron chi connectivity index (χ2n) is 5.29. The molecule has 0 aliphatic rings. The van der Waals surface area contributed by atoms with Crippen LogP contribution < -0.4 is 11.1 Å². The van der Waals surface area contributed by atoms with Crippen LogP contribution in [-0.4, -0.2) is 11.9 Å². The van der Waals surface area contributed by atoms with Crippen LogP contribution in [0.4, 0.5) is 5.69 Å². The maximum absolute atomic E-state index is 12.0. The van der Waals surface area contributed by atoms with E-state index in [1.807, 2.05) is 6.92 Å². The molecule has 0 heterocycles. The monoisotopic (exact) mass is 254 g/mol. The maximum Gasteiger partial charge on any atom is 0.253 e. The van der Waals surface area contributed by atoms with E-state index >= 15 is 0 Å². The summed E-state index contributed by atoms with van der Waals surface area (Å²) in [6.45, 7) is 8.19. The van der Waals surface area contributed by atoms with Gasteiger partial charge in [-0.05, 0) is 30.5 Å². The van der Waals surface area contributed by atoms with Crippen molar-refractivity contribution in [3.05, 3.63) is 28.8 Å². The number of carbonyl (C=O) groups excluding carboxylic acids is 1. The van der Waals surface area contributed by atoms with E-state index in [-0.39, 0.29) is 17.4 Å². The molecule has 0 saturated heterocycles. The number of halogens is 1. The predicted molar refractivity (Wildman–Crippen MR) is 72.2 cm³/mol. The SMILES string of the molecule is CC(NC(=O)c1ccc(Cl)cc1N)C(C)(C)C. The molecular formula is C13H19ClN2O. The van der Waals surface area contributed by atoms with E-state index in [1.54, 1.807) is 18.2 Å². The van der Waals surface area contributed by atoms with E-state index in [2.05, 4.69) is 26.1 Å². The zero-order valence-electron chi connectivity index (χ0n) is 10.7. The Kier molecular flexibility index (Phi) is 4.04. The molecule has 0 radical (unpaired) electrons. The second-order valence-corrected chi connectivity index (χ2v) is 5.73. The van der Waals surface area contributed by atoms with E-state index in [4.69, 9.17) is 17.3 Å². The Morgan fingerprint density at radius 2 is 2.00 bits per heavy atom. The number of hydrogen-bond donors (Lipinski definition) is 2. The van der Waals surface area contributed by atoms with Crippen molar-refractivity contribution in [2.45, 2.75) is 33.7 Å². The first-order valence-electron chi connectivity index (χ1n) is 5.57. The number of rotatable bonds is 2. The largest absolute Gasteiger partial charge is 0.398 e. The van der Waals surface area contributed by atoms with E-state index in [1.165, 1.54) is 0 Å². The highest BCUT2D eigenvalue weighted by molar-refractivity contribution is 6.31. The Morgan fingerprint density at radius 1 is 1.41 bits per heavy atom. The molecule has 1 unspecified atom stereocenters. The van der Waals surface area contributed by atoms with Gasteiger partial charge in [0.05, 0.1) is 5.56 Å². The summed E-state index contributed by atoms with van der Waals surface area (Å²) in [5, 5.41) is 3.46. The van der Waals surface area contributed by atoms with Gasteiger partial charge >= 0.3 is 0 Å². The molecule has 0 aliphatic carbocycles. The normalized spacial score (nSPS) is 13.2. The summed E-state index contributed by atoms with van der Waals surface area (Å²) in [4.78, 5) is 12.0. The smallest absolute Gasteiger partial charge is 0.253 e. The molecule has 0 saturated carbocycles. The van der Waals surface area contributed by atoms with Crippen LogP contribution >= 0.6 is 11.6 Å². The fraction of sp³-hybridized carbons (Fsp3) is 0.462. The lowest BCUT2D eigenvalue weighted by Crippen LogP contribution is -2.41. The van der Waals surface area contributed by atoms with Crippen LogP contribution in [0, 0.1) is 5.41 Å². The van der Waals surface area contributed by atoms with Crippen molar-refractivity contribution in [3.63, 3.8) is 0 Å². The van der Waals surface area contributed by atoms with Crippen molar-refractivity contribution < 1.29 is 4.79 Å². The van der Waals surface area contributed by atoms with Gasteiger partial charge < -0.3 is 11.1 Å². The number of nitrogen functional groups attached to an aromatic ring is 1. The Hall–Kier alpha value is -1.22. The van der Waals surface area contributed by atoms with Crippen LogP contribution in [0.3, 0.4) is 0 Å². The molecule has 0 spiro atoms. The standard InChI is InChI=1S/C13H19ClN2O/c1-8(13(2,3)4)16-12(17)10-6-5-9(14)7-11(10)15/h5-8H,15H2,1-4H3,(H,16,17). The van der Waals surface area contributed by atoms with E-state index in [0.29, 0.717) is 16.3 Å². The first-order valence-corrected chi connectivity index (χ1v) is 5.95. The van der Waals surface area contributed by atoms with E-state index in [9.17, 15) is 4.79 Å². The van der Waals surface area contributed by atoms with Crippen LogP contribution in [-0.2, 0) is 0 Å². The molecule has 1 atom stereocenters. The summed E-state index contributed by atoms with van der Waals surface area (Å²) in [6, 6.07) is 4.94. The Labute approximate surface area is 107 Å². The third-order valence-corrected chi connectivity index (χ3v) is 3.14. The van der Waals surface area contributed by atoms with Gasteiger partial charge in [0.25, 0.3) is 5.91 Å². The molecule has 0 aromatic heterocycles. The van der Waals surface area contributed by atoms with Gasteiger partial charge in [-0.15, -0.1) is 0 Å². The molecule has 17 heavy (non-hydrogen) atoms. The molecule has 0 bridgehead atoms. The average Bonchev–Trinajstić information content (AvgIpc) is 2.15. The average molecular weight is 255 g/mol. The molecule has 0 fully saturated rings. The molecule has 4 heteroatoms. The Morgan fingerprint density at radius 3 is 2.47 bits per heavy atom. The zero-order valence-corrected chi connectivity index (χ0v) is 11.4. The molecule has 1 rings (SSSR count). The first kappa shape index (κ1) is 13.8. The van der Waals surface area contributed by atoms with Crippen molar-refractivity contribution >= 4 is 23.2 Å². The third-order valence-electron chi connectivity index (χ3n) is 2.90. The van der Waals surface area contributed by atoms with Crippen molar-refractivity contribution in [1.29, 1.82) is 0 Å². The van der Waals surface area contributed by atoms with Gasteiger partial charge in [-0.1, -0.05) is 32.4 Å². The number of amides is 1. The summed E-state index contributed by atoms with van der Waals surface area (Å²) in [6.07, 6.45) is 0. The Bertz CT molecular complexity index is 424. The van der Waals surface area contributed by atoms with Crippen LogP contribution in [0.5, 0.6) is 0 Å². The van der Waals surface area contributed by atoms with Gasteiger partial charge in [-0.2, -0.15) is 0 Å². The van der Waals surface area contributed by atoms with Crippen LogP contribution in [0.25, 0.3) is 0 Å². The summed E-state index contributed by atoms with van der Waals surface area (Å²) in [5.74, 6) is -0.165. The molecule has 3 N–H and O–H groups in total. The number of nitrogens with one attached hydrogen (secondary N) is 1. The van der Waals surface area contributed by atoms with Crippen molar-refractivity contribution in [3.8, 4) is 0 Å². The topological polar surface area (TPSA) is 55.1 Å². The highest BCUT2D eigenvalue weighted by Crippen LogP contribution is 2.21. The number of carbonyl (C=O) groups is 1. The lowest BCUT2D eigenvalue weighted by atomic mass is 9.88. The third kappa shape index (κ3) is 3.63. The van der Waals surface area contributed by atoms with Crippen LogP contribution in [0.2, 0.25) is 5.02 Å². The summed E-state index contributed by atoms with van der Waals surface area (Å²) >= 11 is 5.79. The van der Waals surface area contributed by atoms with Gasteiger partial charge in [0.2, 0.25) is 0 Å². The fourth-order valence-corrected chi connectivity index (χ4v) is 1.41. The minimum Gasteiger partial charge on any atom is -0.398 e. The molecule has 1 amide bonds. The van der Waals surface area contributed by atoms with Crippen LogP contribution in [0.15, 0.2) is 18.2 Å². The van der Waals surface area contributed by atoms with Crippen LogP contribution in [0.1, 0.15) is 38.1 Å². The van der Waals surface area contributed by atoms with Gasteiger partial charge in [0, 0.05) is 16.8 Å². The summed E-state index contributed by atoms with van der Waals surface area (Å²) in [5.41, 5.74) is 6.64. The highest BCUT2D eigenvalue weighted by Gasteiger charge is 2.22. The van der Waals surface area contributed by atoms with Gasteiger partial charge in [0.15, 0.2) is 0 Å². The lowest BCUT2D eigenvalue weighted by Gasteiger charge is -2.28. The number of nitrogens with two attached hydrogens (primary N) is 1. The molecule has 1 aromatic carbocycles. The van der Waals surface area contributed by atoms with Crippen molar-refractivity contribution in [2.24, 2.45) is 5.41 Å². The number of anilines is 1. The lowest BCUT2D eigenvalue weighted by molar-refractivity contribution is 0.0911. The Balaban J connectivity index is 2.84. The number of benzene rings is 1. The van der Waals surface area contributed by atoms with Crippen molar-refractivity contribution in [1.82, 2.24) is 5.32 Å². The van der Waals surface area contributed by atoms with Gasteiger partial charge in [-0.3, -0.25) is 4.79 Å². The summed E-state index contributed by atoms with van der Waals surface area (Å²) < 4.78 is 0. The fourth-order valence-electron chi connectivity index (χ4n) is 1.23. The molecule has 94 valence electrons. The molecule has 0 aliphatic heterocycles. The van der Waals surface area contributed by atoms with E-state index in [0.717, 1.165) is 0 Å². The number of hydrogen-bond acceptors (Lipinski definition) is 2. The van der Waals surface area contributed by atoms with Gasteiger partial charge in [0.1, 0.15) is 0 Å². The maximum atomic E-state index is 12.0. The molecule has 1 aromatic rings. The van der Waals surface area contributed by atoms with Gasteiger partial charge in [-0.25, -0.2) is 0 Å². The summed E-state index contributed by atoms with van der Waals surface area (Å²) in [7, 11) is 0. The zero-order chi connectivity index (χ0) is 13.2. The molecule has 3 nitrogen and oxygen atoms in total. The minimum atomic E-state index is -0.165. The van der Waals surface area contributed by atoms with Crippen molar-refractivity contribution in [2.75, 3.05) is 5.73 Å². The second kappa shape index (κ2) is 4.96. The highest BCUT2D eigenvalue weighted by atomic mass is 35.5. The van der Waals surface area contributed by atoms with E-state index < -0.39 is 0 Å².